The van der Waals surface area contributed by atoms with Gasteiger partial charge in [-0.25, -0.2) is 13.6 Å². The summed E-state index contributed by atoms with van der Waals surface area (Å²) in [6.45, 7) is 2.17. The van der Waals surface area contributed by atoms with Gasteiger partial charge in [-0.1, -0.05) is 25.8 Å². The van der Waals surface area contributed by atoms with Gasteiger partial charge in [0, 0.05) is 6.07 Å². The topological polar surface area (TPSA) is 35.5 Å². The first-order valence-electron chi connectivity index (χ1n) is 10.2. The summed E-state index contributed by atoms with van der Waals surface area (Å²) in [5.41, 5.74) is 0.489. The molecule has 2 aromatic carbocycles. The molecule has 0 saturated heterocycles. The first-order valence-corrected chi connectivity index (χ1v) is 10.2. The lowest BCUT2D eigenvalue weighted by Gasteiger charge is -2.28. The van der Waals surface area contributed by atoms with E-state index in [1.807, 2.05) is 0 Å². The maximum absolute atomic E-state index is 14.6. The number of ether oxygens (including phenoxy) is 2. The van der Waals surface area contributed by atoms with Crippen molar-refractivity contribution in [1.29, 1.82) is 0 Å². The predicted octanol–water partition coefficient (Wildman–Crippen LogP) is 7.16. The van der Waals surface area contributed by atoms with Gasteiger partial charge in [0.2, 0.25) is 0 Å². The van der Waals surface area contributed by atoms with E-state index in [1.54, 1.807) is 6.07 Å². The fourth-order valence-electron chi connectivity index (χ4n) is 4.06. The minimum Gasteiger partial charge on any atom is -0.423 e. The molecule has 2 aromatic rings. The molecular weight excluding hydrogens is 419 g/mol. The molecule has 3 nitrogen and oxygen atoms in total. The Morgan fingerprint density at radius 3 is 2.29 bits per heavy atom. The van der Waals surface area contributed by atoms with Crippen LogP contribution < -0.4 is 9.47 Å². The molecule has 0 bridgehead atoms. The van der Waals surface area contributed by atoms with Crippen molar-refractivity contribution in [3.05, 3.63) is 59.2 Å². The molecule has 31 heavy (non-hydrogen) atoms. The Morgan fingerprint density at radius 2 is 1.71 bits per heavy atom. The Labute approximate surface area is 177 Å². The van der Waals surface area contributed by atoms with Crippen molar-refractivity contribution >= 4 is 5.97 Å². The van der Waals surface area contributed by atoms with Crippen LogP contribution in [-0.4, -0.2) is 12.3 Å². The second-order valence-corrected chi connectivity index (χ2v) is 7.78. The summed E-state index contributed by atoms with van der Waals surface area (Å²) in [7, 11) is 0. The molecule has 0 heterocycles. The molecular formula is C23H23F5O3. The van der Waals surface area contributed by atoms with Gasteiger partial charge in [-0.05, 0) is 67.3 Å². The van der Waals surface area contributed by atoms with Crippen molar-refractivity contribution in [2.24, 2.45) is 5.92 Å². The highest BCUT2D eigenvalue weighted by Crippen LogP contribution is 2.38. The van der Waals surface area contributed by atoms with Crippen LogP contribution in [0.25, 0.3) is 0 Å². The van der Waals surface area contributed by atoms with Crippen molar-refractivity contribution in [3.63, 3.8) is 0 Å². The van der Waals surface area contributed by atoms with Crippen molar-refractivity contribution < 1.29 is 36.2 Å². The molecule has 8 heteroatoms. The molecule has 0 amide bonds. The van der Waals surface area contributed by atoms with E-state index in [4.69, 9.17) is 4.74 Å². The molecule has 0 radical (unpaired) electrons. The molecule has 168 valence electrons. The van der Waals surface area contributed by atoms with E-state index in [-0.39, 0.29) is 17.2 Å². The number of carbonyl (C=O) groups excluding carboxylic acids is 1. The average Bonchev–Trinajstić information content (AvgIpc) is 2.70. The smallest absolute Gasteiger partial charge is 0.423 e. The standard InChI is InChI=1S/C23H23F5O3/c1-2-3-14-4-6-15(7-5-14)16-8-10-18(19(24)12-16)22(29)30-17-9-11-21(20(25)13-17)31-23(26,27)28/h8-15H,2-7H2,1H3. The minimum absolute atomic E-state index is 0.239. The van der Waals surface area contributed by atoms with Crippen molar-refractivity contribution in [2.45, 2.75) is 57.7 Å². The third kappa shape index (κ3) is 6.18. The summed E-state index contributed by atoms with van der Waals surface area (Å²) in [6, 6.07) is 6.51. The number of esters is 1. The van der Waals surface area contributed by atoms with Gasteiger partial charge in [0.1, 0.15) is 11.6 Å². The zero-order valence-corrected chi connectivity index (χ0v) is 17.0. The zero-order valence-electron chi connectivity index (χ0n) is 17.0. The maximum Gasteiger partial charge on any atom is 0.573 e. The third-order valence-corrected chi connectivity index (χ3v) is 5.57. The van der Waals surface area contributed by atoms with Gasteiger partial charge in [-0.3, -0.25) is 0 Å². The van der Waals surface area contributed by atoms with Crippen LogP contribution in [-0.2, 0) is 0 Å². The van der Waals surface area contributed by atoms with Crippen LogP contribution in [0.2, 0.25) is 0 Å². The van der Waals surface area contributed by atoms with Crippen LogP contribution in [0.3, 0.4) is 0 Å². The van der Waals surface area contributed by atoms with E-state index in [0.717, 1.165) is 43.7 Å². The zero-order chi connectivity index (χ0) is 22.6. The van der Waals surface area contributed by atoms with Gasteiger partial charge in [-0.2, -0.15) is 0 Å². The number of halogens is 5. The van der Waals surface area contributed by atoms with Gasteiger partial charge >= 0.3 is 12.3 Å². The minimum atomic E-state index is -5.06. The monoisotopic (exact) mass is 442 g/mol. The number of rotatable bonds is 6. The summed E-state index contributed by atoms with van der Waals surface area (Å²) in [6.07, 6.45) is 1.45. The van der Waals surface area contributed by atoms with Crippen LogP contribution in [0.5, 0.6) is 11.5 Å². The molecule has 1 aliphatic rings. The predicted molar refractivity (Wildman–Crippen MR) is 104 cm³/mol. The normalized spacial score (nSPS) is 19.2. The van der Waals surface area contributed by atoms with E-state index in [2.05, 4.69) is 11.7 Å². The largest absolute Gasteiger partial charge is 0.573 e. The Morgan fingerprint density at radius 1 is 1.00 bits per heavy atom. The van der Waals surface area contributed by atoms with Gasteiger partial charge in [-0.15, -0.1) is 13.2 Å². The number of carbonyl (C=O) groups is 1. The molecule has 1 fully saturated rings. The summed E-state index contributed by atoms with van der Waals surface area (Å²) < 4.78 is 73.4. The molecule has 0 aromatic heterocycles. The Bertz CT molecular complexity index is 918. The summed E-state index contributed by atoms with van der Waals surface area (Å²) >= 11 is 0. The fraction of sp³-hybridized carbons (Fsp3) is 0.435. The second-order valence-electron chi connectivity index (χ2n) is 7.78. The first kappa shape index (κ1) is 23.0. The van der Waals surface area contributed by atoms with Gasteiger partial charge < -0.3 is 9.47 Å². The molecule has 0 spiro atoms. The van der Waals surface area contributed by atoms with Gasteiger partial charge in [0.15, 0.2) is 11.6 Å². The van der Waals surface area contributed by atoms with Crippen LogP contribution >= 0.6 is 0 Å². The number of hydrogen-bond donors (Lipinski definition) is 0. The van der Waals surface area contributed by atoms with Crippen LogP contribution in [0.15, 0.2) is 36.4 Å². The molecule has 0 atom stereocenters. The third-order valence-electron chi connectivity index (χ3n) is 5.57. The molecule has 0 unspecified atom stereocenters. The van der Waals surface area contributed by atoms with E-state index >= 15 is 0 Å². The van der Waals surface area contributed by atoms with E-state index in [1.165, 1.54) is 18.6 Å². The Kier molecular flexibility index (Phi) is 7.18. The average molecular weight is 442 g/mol. The quantitative estimate of drug-likeness (QED) is 0.271. The van der Waals surface area contributed by atoms with Crippen LogP contribution in [0.1, 0.15) is 67.3 Å². The van der Waals surface area contributed by atoms with E-state index in [9.17, 15) is 26.7 Å². The Hall–Kier alpha value is -2.64. The van der Waals surface area contributed by atoms with Crippen molar-refractivity contribution in [1.82, 2.24) is 0 Å². The Balaban J connectivity index is 1.65. The van der Waals surface area contributed by atoms with Gasteiger partial charge in [0.25, 0.3) is 0 Å². The lowest BCUT2D eigenvalue weighted by atomic mass is 9.77. The van der Waals surface area contributed by atoms with Crippen molar-refractivity contribution in [2.75, 3.05) is 0 Å². The van der Waals surface area contributed by atoms with Gasteiger partial charge in [0.05, 0.1) is 5.56 Å². The van der Waals surface area contributed by atoms with Crippen molar-refractivity contribution in [3.8, 4) is 11.5 Å². The summed E-state index contributed by atoms with van der Waals surface area (Å²) in [4.78, 5) is 12.3. The summed E-state index contributed by atoms with van der Waals surface area (Å²) in [5.74, 6) is -3.66. The molecule has 0 aliphatic heterocycles. The highest BCUT2D eigenvalue weighted by atomic mass is 19.4. The number of hydrogen-bond acceptors (Lipinski definition) is 3. The first-order chi connectivity index (χ1) is 14.7. The number of alkyl halides is 3. The molecule has 1 aliphatic carbocycles. The maximum atomic E-state index is 14.6. The molecule has 0 N–H and O–H groups in total. The second kappa shape index (κ2) is 9.66. The molecule has 3 rings (SSSR count). The lowest BCUT2D eigenvalue weighted by molar-refractivity contribution is -0.275. The van der Waals surface area contributed by atoms with E-state index < -0.39 is 29.7 Å². The van der Waals surface area contributed by atoms with E-state index in [0.29, 0.717) is 18.1 Å². The SMILES string of the molecule is CCCC1CCC(c2ccc(C(=O)Oc3ccc(OC(F)(F)F)c(F)c3)c(F)c2)CC1. The highest BCUT2D eigenvalue weighted by molar-refractivity contribution is 5.91. The lowest BCUT2D eigenvalue weighted by Crippen LogP contribution is -2.18. The highest BCUT2D eigenvalue weighted by Gasteiger charge is 2.32. The number of benzene rings is 2. The summed E-state index contributed by atoms with van der Waals surface area (Å²) in [5, 5.41) is 0. The fourth-order valence-corrected chi connectivity index (χ4v) is 4.06. The van der Waals surface area contributed by atoms with Crippen LogP contribution in [0.4, 0.5) is 22.0 Å². The van der Waals surface area contributed by atoms with Crippen LogP contribution in [0, 0.1) is 17.6 Å². The molecule has 1 saturated carbocycles.